The molecule has 0 aliphatic rings. The summed E-state index contributed by atoms with van der Waals surface area (Å²) in [5.74, 6) is -0.457. The molecule has 0 atom stereocenters. The van der Waals surface area contributed by atoms with Crippen LogP contribution >= 0.6 is 0 Å². The van der Waals surface area contributed by atoms with Crippen molar-refractivity contribution in [2.45, 2.75) is 25.8 Å². The smallest absolute Gasteiger partial charge is 0.217 e. The van der Waals surface area contributed by atoms with Crippen molar-refractivity contribution < 1.29 is 9.18 Å². The van der Waals surface area contributed by atoms with Gasteiger partial charge in [-0.25, -0.2) is 4.39 Å². The molecule has 0 bridgehead atoms. The molecule has 1 rings (SSSR count). The van der Waals surface area contributed by atoms with Crippen molar-refractivity contribution in [3.8, 4) is 0 Å². The molecule has 0 aliphatic heterocycles. The number of amides is 1. The number of carbonyl (C=O) groups excluding carboxylic acids is 1. The number of halogens is 1. The summed E-state index contributed by atoms with van der Waals surface area (Å²) >= 11 is 0. The van der Waals surface area contributed by atoms with Gasteiger partial charge in [-0.2, -0.15) is 0 Å². The van der Waals surface area contributed by atoms with Gasteiger partial charge in [0.15, 0.2) is 0 Å². The molecule has 0 saturated heterocycles. The van der Waals surface area contributed by atoms with Crippen LogP contribution in [0, 0.1) is 5.82 Å². The lowest BCUT2D eigenvalue weighted by Gasteiger charge is -2.05. The Labute approximate surface area is 94.8 Å². The first kappa shape index (κ1) is 12.6. The van der Waals surface area contributed by atoms with Crippen LogP contribution in [-0.4, -0.2) is 12.5 Å². The van der Waals surface area contributed by atoms with Crippen LogP contribution in [0.4, 0.5) is 4.39 Å². The Morgan fingerprint density at radius 1 is 1.31 bits per heavy atom. The topological polar surface area (TPSA) is 55.1 Å². The summed E-state index contributed by atoms with van der Waals surface area (Å²) in [6.07, 6.45) is 2.07. The molecule has 0 heterocycles. The summed E-state index contributed by atoms with van der Waals surface area (Å²) in [4.78, 5) is 10.5. The molecule has 0 spiro atoms. The molecule has 0 aliphatic carbocycles. The number of hydrogen-bond acceptors (Lipinski definition) is 2. The monoisotopic (exact) mass is 224 g/mol. The Bertz CT molecular complexity index is 342. The van der Waals surface area contributed by atoms with E-state index in [9.17, 15) is 9.18 Å². The number of nitrogens with two attached hydrogens (primary N) is 1. The molecule has 0 saturated carbocycles. The summed E-state index contributed by atoms with van der Waals surface area (Å²) in [5, 5.41) is 3.12. The summed E-state index contributed by atoms with van der Waals surface area (Å²) in [6.45, 7) is 1.28. The lowest BCUT2D eigenvalue weighted by Crippen LogP contribution is -2.16. The van der Waals surface area contributed by atoms with Crippen molar-refractivity contribution in [2.24, 2.45) is 5.73 Å². The van der Waals surface area contributed by atoms with Gasteiger partial charge in [0, 0.05) is 18.5 Å². The van der Waals surface area contributed by atoms with Gasteiger partial charge in [0.05, 0.1) is 0 Å². The van der Waals surface area contributed by atoms with Crippen LogP contribution in [0.1, 0.15) is 24.8 Å². The highest BCUT2D eigenvalue weighted by atomic mass is 19.1. The Kier molecular flexibility index (Phi) is 5.50. The third-order valence-electron chi connectivity index (χ3n) is 2.30. The van der Waals surface area contributed by atoms with Gasteiger partial charge < -0.3 is 11.1 Å². The van der Waals surface area contributed by atoms with Crippen molar-refractivity contribution in [3.63, 3.8) is 0 Å². The van der Waals surface area contributed by atoms with E-state index in [1.165, 1.54) is 6.07 Å². The van der Waals surface area contributed by atoms with Crippen LogP contribution in [-0.2, 0) is 11.3 Å². The lowest BCUT2D eigenvalue weighted by atomic mass is 10.2. The zero-order valence-electron chi connectivity index (χ0n) is 9.21. The highest BCUT2D eigenvalue weighted by Crippen LogP contribution is 2.05. The number of primary amides is 1. The van der Waals surface area contributed by atoms with E-state index in [0.29, 0.717) is 18.5 Å². The molecule has 0 fully saturated rings. The number of unbranched alkanes of at least 4 members (excludes halogenated alkanes) is 1. The molecule has 3 N–H and O–H groups in total. The summed E-state index contributed by atoms with van der Waals surface area (Å²) < 4.78 is 13.2. The van der Waals surface area contributed by atoms with Crippen LogP contribution in [0.15, 0.2) is 24.3 Å². The minimum atomic E-state index is -0.269. The molecule has 1 aromatic rings. The molecule has 88 valence electrons. The fourth-order valence-electron chi connectivity index (χ4n) is 1.41. The van der Waals surface area contributed by atoms with E-state index < -0.39 is 0 Å². The Balaban J connectivity index is 2.12. The molecule has 1 amide bonds. The zero-order valence-corrected chi connectivity index (χ0v) is 9.21. The summed E-state index contributed by atoms with van der Waals surface area (Å²) in [7, 11) is 0. The van der Waals surface area contributed by atoms with E-state index in [0.717, 1.165) is 19.4 Å². The number of rotatable bonds is 7. The highest BCUT2D eigenvalue weighted by Gasteiger charge is 1.99. The Hall–Kier alpha value is -1.42. The molecule has 0 aromatic heterocycles. The van der Waals surface area contributed by atoms with Gasteiger partial charge in [-0.3, -0.25) is 4.79 Å². The molecular formula is C12H17FN2O. The van der Waals surface area contributed by atoms with Gasteiger partial charge in [-0.15, -0.1) is 0 Å². The third kappa shape index (κ3) is 4.89. The van der Waals surface area contributed by atoms with E-state index in [1.54, 1.807) is 12.1 Å². The number of nitrogens with one attached hydrogen (secondary N) is 1. The molecule has 4 heteroatoms. The van der Waals surface area contributed by atoms with Crippen LogP contribution in [0.3, 0.4) is 0 Å². The van der Waals surface area contributed by atoms with E-state index in [2.05, 4.69) is 5.32 Å². The van der Waals surface area contributed by atoms with Gasteiger partial charge in [-0.1, -0.05) is 18.2 Å². The summed E-state index contributed by atoms with van der Waals surface area (Å²) in [6, 6.07) is 6.69. The van der Waals surface area contributed by atoms with Gasteiger partial charge in [-0.05, 0) is 25.5 Å². The number of benzene rings is 1. The fraction of sp³-hybridized carbons (Fsp3) is 0.417. The SMILES string of the molecule is NC(=O)CCCCNCc1ccccc1F. The Morgan fingerprint density at radius 3 is 2.75 bits per heavy atom. The van der Waals surface area contributed by atoms with Crippen LogP contribution in [0.25, 0.3) is 0 Å². The van der Waals surface area contributed by atoms with Crippen LogP contribution < -0.4 is 11.1 Å². The quantitative estimate of drug-likeness (QED) is 0.691. The molecule has 3 nitrogen and oxygen atoms in total. The van der Waals surface area contributed by atoms with Crippen molar-refractivity contribution in [3.05, 3.63) is 35.6 Å². The highest BCUT2D eigenvalue weighted by molar-refractivity contribution is 5.73. The van der Waals surface area contributed by atoms with Crippen molar-refractivity contribution >= 4 is 5.91 Å². The van der Waals surface area contributed by atoms with Crippen molar-refractivity contribution in [2.75, 3.05) is 6.54 Å². The van der Waals surface area contributed by atoms with E-state index in [4.69, 9.17) is 5.73 Å². The predicted molar refractivity (Wildman–Crippen MR) is 61.2 cm³/mol. The lowest BCUT2D eigenvalue weighted by molar-refractivity contribution is -0.118. The third-order valence-corrected chi connectivity index (χ3v) is 2.30. The average molecular weight is 224 g/mol. The largest absolute Gasteiger partial charge is 0.370 e. The normalized spacial score (nSPS) is 10.3. The minimum absolute atomic E-state index is 0.188. The zero-order chi connectivity index (χ0) is 11.8. The first-order valence-corrected chi connectivity index (χ1v) is 5.42. The van der Waals surface area contributed by atoms with Crippen LogP contribution in [0.2, 0.25) is 0 Å². The molecule has 1 aromatic carbocycles. The fourth-order valence-corrected chi connectivity index (χ4v) is 1.41. The second-order valence-electron chi connectivity index (χ2n) is 3.69. The average Bonchev–Trinajstić information content (AvgIpc) is 2.25. The maximum absolute atomic E-state index is 13.2. The van der Waals surface area contributed by atoms with Crippen molar-refractivity contribution in [1.29, 1.82) is 0 Å². The molecule has 0 unspecified atom stereocenters. The molecular weight excluding hydrogens is 207 g/mol. The van der Waals surface area contributed by atoms with E-state index in [-0.39, 0.29) is 11.7 Å². The summed E-state index contributed by atoms with van der Waals surface area (Å²) in [5.41, 5.74) is 5.67. The first-order chi connectivity index (χ1) is 7.70. The maximum atomic E-state index is 13.2. The van der Waals surface area contributed by atoms with Gasteiger partial charge in [0.25, 0.3) is 0 Å². The first-order valence-electron chi connectivity index (χ1n) is 5.42. The molecule has 0 radical (unpaired) electrons. The van der Waals surface area contributed by atoms with Crippen LogP contribution in [0.5, 0.6) is 0 Å². The number of carbonyl (C=O) groups is 1. The van der Waals surface area contributed by atoms with Gasteiger partial charge in [0.1, 0.15) is 5.82 Å². The predicted octanol–water partition coefficient (Wildman–Crippen LogP) is 1.57. The maximum Gasteiger partial charge on any atom is 0.217 e. The standard InChI is InChI=1S/C12H17FN2O/c13-11-6-2-1-5-10(11)9-15-8-4-3-7-12(14)16/h1-2,5-6,15H,3-4,7-9H2,(H2,14,16). The van der Waals surface area contributed by atoms with Gasteiger partial charge >= 0.3 is 0 Å². The Morgan fingerprint density at radius 2 is 2.06 bits per heavy atom. The van der Waals surface area contributed by atoms with E-state index in [1.807, 2.05) is 6.07 Å². The second kappa shape index (κ2) is 6.95. The van der Waals surface area contributed by atoms with Crippen molar-refractivity contribution in [1.82, 2.24) is 5.32 Å². The minimum Gasteiger partial charge on any atom is -0.370 e. The number of hydrogen-bond donors (Lipinski definition) is 2. The van der Waals surface area contributed by atoms with Gasteiger partial charge in [0.2, 0.25) is 5.91 Å². The molecule has 16 heavy (non-hydrogen) atoms. The van der Waals surface area contributed by atoms with E-state index >= 15 is 0 Å². The second-order valence-corrected chi connectivity index (χ2v) is 3.69.